The van der Waals surface area contributed by atoms with E-state index in [1.54, 1.807) is 0 Å². The van der Waals surface area contributed by atoms with Crippen LogP contribution in [0.4, 0.5) is 0 Å². The van der Waals surface area contributed by atoms with Gasteiger partial charge in [0, 0.05) is 0 Å². The van der Waals surface area contributed by atoms with Crippen LogP contribution in [0.2, 0.25) is 0 Å². The Morgan fingerprint density at radius 1 is 1.06 bits per heavy atom. The van der Waals surface area contributed by atoms with E-state index in [0.717, 1.165) is 17.1 Å². The molecule has 0 N–H and O–H groups in total. The lowest BCUT2D eigenvalue weighted by Crippen LogP contribution is -2.01. The summed E-state index contributed by atoms with van der Waals surface area (Å²) < 4.78 is 21.1. The highest BCUT2D eigenvalue weighted by Gasteiger charge is 2.14. The normalized spacial score (nSPS) is 19.8. The van der Waals surface area contributed by atoms with Crippen LogP contribution < -0.4 is 9.47 Å². The maximum absolute atomic E-state index is 5.30. The molecule has 2 heterocycles. The molecule has 1 saturated heterocycles. The lowest BCUT2D eigenvalue weighted by molar-refractivity contribution is -0.000908. The summed E-state index contributed by atoms with van der Waals surface area (Å²) in [7, 11) is 0. The zero-order valence-electron chi connectivity index (χ0n) is 8.72. The first-order valence-corrected chi connectivity index (χ1v) is 5.23. The fraction of sp³-hybridized carbons (Fsp3) is 0.333. The molecule has 16 heavy (non-hydrogen) atoms. The van der Waals surface area contributed by atoms with Crippen molar-refractivity contribution in [1.82, 2.24) is 0 Å². The molecule has 0 aliphatic carbocycles. The van der Waals surface area contributed by atoms with Crippen molar-refractivity contribution in [2.24, 2.45) is 0 Å². The second-order valence-corrected chi connectivity index (χ2v) is 3.58. The Bertz CT molecular complexity index is 407. The Morgan fingerprint density at radius 2 is 1.88 bits per heavy atom. The summed E-state index contributed by atoms with van der Waals surface area (Å²) in [6.45, 7) is 1.63. The summed E-state index contributed by atoms with van der Waals surface area (Å²) in [6, 6.07) is 5.81. The summed E-state index contributed by atoms with van der Waals surface area (Å²) in [5.41, 5.74) is 1.04. The third-order valence-corrected chi connectivity index (χ3v) is 2.49. The minimum atomic E-state index is -0.217. The third kappa shape index (κ3) is 1.89. The molecule has 0 saturated carbocycles. The molecule has 0 atom stereocenters. The maximum Gasteiger partial charge on any atom is 0.231 e. The molecule has 3 rings (SSSR count). The largest absolute Gasteiger partial charge is 0.454 e. The van der Waals surface area contributed by atoms with Gasteiger partial charge in [0.2, 0.25) is 6.79 Å². The van der Waals surface area contributed by atoms with Crippen molar-refractivity contribution in [3.63, 3.8) is 0 Å². The van der Waals surface area contributed by atoms with Crippen molar-refractivity contribution in [2.75, 3.05) is 20.0 Å². The summed E-state index contributed by atoms with van der Waals surface area (Å²) in [4.78, 5) is 0. The molecule has 2 aliphatic heterocycles. The van der Waals surface area contributed by atoms with Gasteiger partial charge in [-0.3, -0.25) is 0 Å². The Kier molecular flexibility index (Phi) is 2.52. The molecule has 0 unspecified atom stereocenters. The van der Waals surface area contributed by atoms with Crippen molar-refractivity contribution in [3.05, 3.63) is 29.8 Å². The highest BCUT2D eigenvalue weighted by atomic mass is 16.7. The van der Waals surface area contributed by atoms with Gasteiger partial charge < -0.3 is 18.9 Å². The molecular formula is C12H12O4. The van der Waals surface area contributed by atoms with E-state index >= 15 is 0 Å². The predicted octanol–water partition coefficient (Wildman–Crippen LogP) is 1.80. The van der Waals surface area contributed by atoms with Gasteiger partial charge in [-0.2, -0.15) is 0 Å². The van der Waals surface area contributed by atoms with Gasteiger partial charge >= 0.3 is 0 Å². The molecule has 1 aromatic rings. The van der Waals surface area contributed by atoms with E-state index in [-0.39, 0.29) is 6.29 Å². The standard InChI is InChI=1S/C12H12O4/c1-3-10-11(16-8-15-10)7-9(1)2-4-12-13-5-6-14-12/h1-4,7,12H,5-6,8H2/b4-2+. The summed E-state index contributed by atoms with van der Waals surface area (Å²) >= 11 is 0. The molecule has 0 aromatic heterocycles. The molecule has 4 heteroatoms. The molecule has 2 aliphatic rings. The number of hydrogen-bond acceptors (Lipinski definition) is 4. The van der Waals surface area contributed by atoms with Crippen LogP contribution in [-0.4, -0.2) is 26.3 Å². The van der Waals surface area contributed by atoms with Gasteiger partial charge in [0.25, 0.3) is 0 Å². The molecular weight excluding hydrogens is 208 g/mol. The molecule has 84 valence electrons. The highest BCUT2D eigenvalue weighted by molar-refractivity contribution is 5.56. The fourth-order valence-electron chi connectivity index (χ4n) is 1.69. The summed E-state index contributed by atoms with van der Waals surface area (Å²) in [5, 5.41) is 0. The molecule has 0 bridgehead atoms. The number of hydrogen-bond donors (Lipinski definition) is 0. The van der Waals surface area contributed by atoms with E-state index in [2.05, 4.69) is 0 Å². The van der Waals surface area contributed by atoms with Crippen molar-refractivity contribution >= 4 is 6.08 Å². The molecule has 0 radical (unpaired) electrons. The van der Waals surface area contributed by atoms with Crippen molar-refractivity contribution in [3.8, 4) is 11.5 Å². The Hall–Kier alpha value is -1.52. The molecule has 4 nitrogen and oxygen atoms in total. The van der Waals surface area contributed by atoms with Crippen LogP contribution in [0.25, 0.3) is 6.08 Å². The van der Waals surface area contributed by atoms with Crippen molar-refractivity contribution in [1.29, 1.82) is 0 Å². The second kappa shape index (κ2) is 4.15. The number of ether oxygens (including phenoxy) is 4. The van der Waals surface area contributed by atoms with Gasteiger partial charge in [-0.1, -0.05) is 12.1 Å². The van der Waals surface area contributed by atoms with Crippen molar-refractivity contribution in [2.45, 2.75) is 6.29 Å². The van der Waals surface area contributed by atoms with E-state index in [1.165, 1.54) is 0 Å². The van der Waals surface area contributed by atoms with Crippen LogP contribution >= 0.6 is 0 Å². The monoisotopic (exact) mass is 220 g/mol. The van der Waals surface area contributed by atoms with Crippen LogP contribution in [0.1, 0.15) is 5.56 Å². The topological polar surface area (TPSA) is 36.9 Å². The molecule has 0 spiro atoms. The van der Waals surface area contributed by atoms with E-state index in [0.29, 0.717) is 20.0 Å². The quantitative estimate of drug-likeness (QED) is 0.761. The molecule has 1 fully saturated rings. The van der Waals surface area contributed by atoms with E-state index < -0.39 is 0 Å². The Morgan fingerprint density at radius 3 is 2.75 bits per heavy atom. The minimum Gasteiger partial charge on any atom is -0.454 e. The number of benzene rings is 1. The Balaban J connectivity index is 1.74. The van der Waals surface area contributed by atoms with Gasteiger partial charge in [-0.25, -0.2) is 0 Å². The maximum atomic E-state index is 5.30. The highest BCUT2D eigenvalue weighted by Crippen LogP contribution is 2.32. The number of fused-ring (bicyclic) bond motifs is 1. The average Bonchev–Trinajstić information content (AvgIpc) is 2.97. The minimum absolute atomic E-state index is 0.217. The van der Waals surface area contributed by atoms with E-state index in [4.69, 9.17) is 18.9 Å². The Labute approximate surface area is 93.4 Å². The second-order valence-electron chi connectivity index (χ2n) is 3.58. The van der Waals surface area contributed by atoms with Gasteiger partial charge in [-0.05, 0) is 23.8 Å². The summed E-state index contributed by atoms with van der Waals surface area (Å²) in [6.07, 6.45) is 3.63. The van der Waals surface area contributed by atoms with Crippen LogP contribution in [0.3, 0.4) is 0 Å². The first kappa shape index (κ1) is 9.69. The van der Waals surface area contributed by atoms with Gasteiger partial charge in [0.1, 0.15) is 0 Å². The molecule has 1 aromatic carbocycles. The summed E-state index contributed by atoms with van der Waals surface area (Å²) in [5.74, 6) is 1.58. The lowest BCUT2D eigenvalue weighted by atomic mass is 10.2. The first-order chi connectivity index (χ1) is 7.92. The zero-order valence-corrected chi connectivity index (χ0v) is 8.72. The smallest absolute Gasteiger partial charge is 0.231 e. The van der Waals surface area contributed by atoms with Crippen LogP contribution in [0, 0.1) is 0 Å². The van der Waals surface area contributed by atoms with Crippen molar-refractivity contribution < 1.29 is 18.9 Å². The van der Waals surface area contributed by atoms with Crippen LogP contribution in [0.15, 0.2) is 24.3 Å². The zero-order chi connectivity index (χ0) is 10.8. The van der Waals surface area contributed by atoms with E-state index in [9.17, 15) is 0 Å². The van der Waals surface area contributed by atoms with Crippen LogP contribution in [0.5, 0.6) is 11.5 Å². The third-order valence-electron chi connectivity index (χ3n) is 2.49. The SMILES string of the molecule is C(=C\C1OCCO1)/c1ccc2c(c1)OCO2. The van der Waals surface area contributed by atoms with Gasteiger partial charge in [0.15, 0.2) is 17.8 Å². The van der Waals surface area contributed by atoms with Gasteiger partial charge in [-0.15, -0.1) is 0 Å². The van der Waals surface area contributed by atoms with E-state index in [1.807, 2.05) is 30.4 Å². The predicted molar refractivity (Wildman–Crippen MR) is 57.3 cm³/mol. The lowest BCUT2D eigenvalue weighted by Gasteiger charge is -2.02. The first-order valence-electron chi connectivity index (χ1n) is 5.23. The average molecular weight is 220 g/mol. The fourth-order valence-corrected chi connectivity index (χ4v) is 1.69. The van der Waals surface area contributed by atoms with Crippen LogP contribution in [-0.2, 0) is 9.47 Å². The number of rotatable bonds is 2. The van der Waals surface area contributed by atoms with Gasteiger partial charge in [0.05, 0.1) is 13.2 Å². The molecule has 0 amide bonds.